The van der Waals surface area contributed by atoms with Gasteiger partial charge in [0.2, 0.25) is 0 Å². The number of hydrogen-bond acceptors (Lipinski definition) is 5. The Balaban J connectivity index is 1.31. The van der Waals surface area contributed by atoms with E-state index in [0.29, 0.717) is 5.75 Å². The fourth-order valence-corrected chi connectivity index (χ4v) is 6.97. The maximum Gasteiger partial charge on any atom is 0.115 e. The highest BCUT2D eigenvalue weighted by atomic mass is 16.3. The van der Waals surface area contributed by atoms with Gasteiger partial charge in [-0.1, -0.05) is 6.07 Å². The van der Waals surface area contributed by atoms with Gasteiger partial charge >= 0.3 is 0 Å². The van der Waals surface area contributed by atoms with E-state index < -0.39 is 5.60 Å². The number of aliphatic hydroxyl groups is 1. The highest BCUT2D eigenvalue weighted by molar-refractivity contribution is 5.48. The molecule has 3 fully saturated rings. The largest absolute Gasteiger partial charge is 0.508 e. The molecule has 2 aliphatic carbocycles. The van der Waals surface area contributed by atoms with E-state index in [1.165, 1.54) is 24.0 Å². The number of piperidine rings is 1. The molecule has 1 aromatic heterocycles. The third-order valence-electron chi connectivity index (χ3n) is 8.94. The van der Waals surface area contributed by atoms with E-state index in [0.717, 1.165) is 76.6 Å². The number of hydrogen-bond donors (Lipinski definition) is 2. The van der Waals surface area contributed by atoms with Gasteiger partial charge in [-0.2, -0.15) is 5.10 Å². The quantitative estimate of drug-likeness (QED) is 0.755. The van der Waals surface area contributed by atoms with Crippen LogP contribution in [0.3, 0.4) is 0 Å². The van der Waals surface area contributed by atoms with Crippen LogP contribution >= 0.6 is 0 Å². The zero-order valence-corrected chi connectivity index (χ0v) is 19.2. The molecule has 0 spiro atoms. The first-order valence-corrected chi connectivity index (χ1v) is 12.5. The summed E-state index contributed by atoms with van der Waals surface area (Å²) in [5, 5.41) is 27.4. The van der Waals surface area contributed by atoms with Gasteiger partial charge in [-0.3, -0.25) is 9.58 Å². The molecule has 32 heavy (non-hydrogen) atoms. The van der Waals surface area contributed by atoms with Crippen molar-refractivity contribution >= 4 is 0 Å². The SMILES string of the molecule is Cc1ccn(CCN2CCC34CCN(CC5CC5)C(Cc5ccc(O)cc53)C4(O)CC2)n1. The summed E-state index contributed by atoms with van der Waals surface area (Å²) < 4.78 is 2.03. The van der Waals surface area contributed by atoms with Crippen LogP contribution in [0.25, 0.3) is 0 Å². The van der Waals surface area contributed by atoms with Crippen molar-refractivity contribution in [3.05, 3.63) is 47.3 Å². The molecule has 2 aromatic rings. The van der Waals surface area contributed by atoms with Gasteiger partial charge in [0.15, 0.2) is 0 Å². The van der Waals surface area contributed by atoms with E-state index in [2.05, 4.69) is 33.2 Å². The second kappa shape index (κ2) is 7.57. The maximum atomic E-state index is 12.5. The molecule has 2 bridgehead atoms. The minimum atomic E-state index is -0.738. The van der Waals surface area contributed by atoms with E-state index in [1.54, 1.807) is 0 Å². The van der Waals surface area contributed by atoms with Crippen molar-refractivity contribution in [3.8, 4) is 5.75 Å². The number of benzene rings is 1. The molecule has 6 rings (SSSR count). The standard InChI is InChI=1S/C26H36N4O2/c1-19-6-10-30(27-19)15-14-28-11-7-25-8-13-29(18-20-2-3-20)24(26(25,32)9-12-28)16-21-4-5-22(31)17-23(21)25/h4-6,10,17,20,24,31-32H,2-3,7-9,11-16,18H2,1H3. The minimum absolute atomic E-state index is 0.183. The van der Waals surface area contributed by atoms with Gasteiger partial charge in [-0.25, -0.2) is 0 Å². The molecule has 172 valence electrons. The summed E-state index contributed by atoms with van der Waals surface area (Å²) in [5.41, 5.74) is 2.60. The first kappa shape index (κ1) is 20.7. The van der Waals surface area contributed by atoms with Gasteiger partial charge in [0.05, 0.1) is 17.8 Å². The Morgan fingerprint density at radius 3 is 2.66 bits per heavy atom. The lowest BCUT2D eigenvalue weighted by molar-refractivity contribution is -0.149. The summed E-state index contributed by atoms with van der Waals surface area (Å²) in [7, 11) is 0. The third kappa shape index (κ3) is 3.30. The van der Waals surface area contributed by atoms with Crippen LogP contribution in [0, 0.1) is 12.8 Å². The average molecular weight is 437 g/mol. The molecule has 0 radical (unpaired) electrons. The smallest absolute Gasteiger partial charge is 0.115 e. The van der Waals surface area contributed by atoms with Crippen LogP contribution in [0.2, 0.25) is 0 Å². The second-order valence-corrected chi connectivity index (χ2v) is 10.8. The predicted molar refractivity (Wildman–Crippen MR) is 124 cm³/mol. The van der Waals surface area contributed by atoms with Crippen LogP contribution in [-0.4, -0.2) is 74.2 Å². The van der Waals surface area contributed by atoms with Crippen molar-refractivity contribution in [1.29, 1.82) is 0 Å². The van der Waals surface area contributed by atoms with Crippen molar-refractivity contribution in [1.82, 2.24) is 19.6 Å². The molecule has 2 N–H and O–H groups in total. The third-order valence-corrected chi connectivity index (χ3v) is 8.94. The number of fused-ring (bicyclic) bond motifs is 1. The van der Waals surface area contributed by atoms with Crippen molar-refractivity contribution in [2.24, 2.45) is 5.92 Å². The van der Waals surface area contributed by atoms with Gasteiger partial charge in [0.1, 0.15) is 5.75 Å². The molecule has 2 saturated heterocycles. The molecule has 6 nitrogen and oxygen atoms in total. The van der Waals surface area contributed by atoms with Gasteiger partial charge in [-0.15, -0.1) is 0 Å². The Kier molecular flexibility index (Phi) is 4.90. The van der Waals surface area contributed by atoms with E-state index in [-0.39, 0.29) is 11.5 Å². The number of aromatic nitrogens is 2. The van der Waals surface area contributed by atoms with Gasteiger partial charge in [0.25, 0.3) is 0 Å². The summed E-state index contributed by atoms with van der Waals surface area (Å²) >= 11 is 0. The topological polar surface area (TPSA) is 64.8 Å². The number of aryl methyl sites for hydroxylation is 1. The lowest BCUT2D eigenvalue weighted by Crippen LogP contribution is -2.71. The monoisotopic (exact) mass is 436 g/mol. The zero-order chi connectivity index (χ0) is 21.9. The van der Waals surface area contributed by atoms with E-state index in [1.807, 2.05) is 23.7 Å². The molecule has 6 heteroatoms. The van der Waals surface area contributed by atoms with E-state index in [4.69, 9.17) is 0 Å². The summed E-state index contributed by atoms with van der Waals surface area (Å²) in [6.07, 6.45) is 8.37. The molecule has 2 aliphatic heterocycles. The number of likely N-dealkylation sites (tertiary alicyclic amines) is 2. The fraction of sp³-hybridized carbons (Fsp3) is 0.654. The zero-order valence-electron chi connectivity index (χ0n) is 19.2. The number of nitrogens with zero attached hydrogens (tertiary/aromatic N) is 4. The van der Waals surface area contributed by atoms with Crippen LogP contribution in [0.15, 0.2) is 30.5 Å². The van der Waals surface area contributed by atoms with Crippen molar-refractivity contribution < 1.29 is 10.2 Å². The Labute approximate surface area is 190 Å². The molecule has 1 aromatic carbocycles. The van der Waals surface area contributed by atoms with Crippen LogP contribution in [-0.2, 0) is 18.4 Å². The number of phenolic OH excluding ortho intramolecular Hbond substituents is 1. The molecule has 3 unspecified atom stereocenters. The molecule has 4 aliphatic rings. The summed E-state index contributed by atoms with van der Waals surface area (Å²) in [5.74, 6) is 1.15. The second-order valence-electron chi connectivity index (χ2n) is 10.8. The van der Waals surface area contributed by atoms with Crippen molar-refractivity contribution in [3.63, 3.8) is 0 Å². The van der Waals surface area contributed by atoms with Crippen molar-refractivity contribution in [2.45, 2.75) is 69.1 Å². The van der Waals surface area contributed by atoms with Crippen LogP contribution < -0.4 is 0 Å². The lowest BCUT2D eigenvalue weighted by Gasteiger charge is -2.61. The molecule has 3 atom stereocenters. The first-order chi connectivity index (χ1) is 15.5. The summed E-state index contributed by atoms with van der Waals surface area (Å²) in [6, 6.07) is 8.15. The number of aromatic hydroxyl groups is 1. The van der Waals surface area contributed by atoms with E-state index in [9.17, 15) is 10.2 Å². The Morgan fingerprint density at radius 2 is 1.88 bits per heavy atom. The van der Waals surface area contributed by atoms with Gasteiger partial charge in [-0.05, 0) is 93.8 Å². The highest BCUT2D eigenvalue weighted by Gasteiger charge is 2.63. The molecular weight excluding hydrogens is 400 g/mol. The molecular formula is C26H36N4O2. The average Bonchev–Trinajstić information content (AvgIpc) is 3.52. The summed E-state index contributed by atoms with van der Waals surface area (Å²) in [6.45, 7) is 7.96. The normalized spacial score (nSPS) is 32.9. The number of rotatable bonds is 5. The van der Waals surface area contributed by atoms with Crippen LogP contribution in [0.5, 0.6) is 5.75 Å². The summed E-state index contributed by atoms with van der Waals surface area (Å²) in [4.78, 5) is 5.14. The predicted octanol–water partition coefficient (Wildman–Crippen LogP) is 2.70. The molecule has 1 saturated carbocycles. The Hall–Kier alpha value is -1.89. The Bertz CT molecular complexity index is 1000. The minimum Gasteiger partial charge on any atom is -0.508 e. The maximum absolute atomic E-state index is 12.5. The molecule has 3 heterocycles. The Morgan fingerprint density at radius 1 is 1.06 bits per heavy atom. The fourth-order valence-electron chi connectivity index (χ4n) is 6.97. The van der Waals surface area contributed by atoms with E-state index >= 15 is 0 Å². The highest BCUT2D eigenvalue weighted by Crippen LogP contribution is 2.56. The van der Waals surface area contributed by atoms with Gasteiger partial charge in [0, 0.05) is 37.3 Å². The number of phenols is 1. The van der Waals surface area contributed by atoms with Crippen molar-refractivity contribution in [2.75, 3.05) is 32.7 Å². The van der Waals surface area contributed by atoms with Crippen LogP contribution in [0.4, 0.5) is 0 Å². The van der Waals surface area contributed by atoms with Gasteiger partial charge < -0.3 is 15.1 Å². The molecule has 0 amide bonds. The lowest BCUT2D eigenvalue weighted by atomic mass is 9.52. The first-order valence-electron chi connectivity index (χ1n) is 12.5. The van der Waals surface area contributed by atoms with Crippen LogP contribution in [0.1, 0.15) is 48.9 Å².